The first-order valence-electron chi connectivity index (χ1n) is 9.69. The van der Waals surface area contributed by atoms with Crippen molar-refractivity contribution < 1.29 is 4.74 Å². The molecule has 1 aromatic carbocycles. The maximum Gasteiger partial charge on any atom is 0.229 e. The van der Waals surface area contributed by atoms with Gasteiger partial charge < -0.3 is 15.0 Å². The van der Waals surface area contributed by atoms with Crippen LogP contribution in [0.2, 0.25) is 5.02 Å². The highest BCUT2D eigenvalue weighted by atomic mass is 35.5. The highest BCUT2D eigenvalue weighted by Crippen LogP contribution is 2.28. The average molecular weight is 405 g/mol. The number of rotatable bonds is 7. The van der Waals surface area contributed by atoms with Crippen molar-refractivity contribution in [2.45, 2.75) is 25.8 Å². The summed E-state index contributed by atoms with van der Waals surface area (Å²) < 4.78 is 5.53. The van der Waals surface area contributed by atoms with Crippen molar-refractivity contribution in [3.05, 3.63) is 40.7 Å². The standard InChI is InChI=1S/C20H29ClN6O/c1-14(2)18-23-19(25-20(24-18)26(3)4)22-13-17(27-9-11-28-12-10-27)15-7-5-6-8-16(15)21/h5-8,14,17H,9-13H2,1-4H3,(H,22,23,24,25). The van der Waals surface area contributed by atoms with Gasteiger partial charge in [-0.1, -0.05) is 43.6 Å². The van der Waals surface area contributed by atoms with Crippen LogP contribution in [0.4, 0.5) is 11.9 Å². The molecule has 2 heterocycles. The van der Waals surface area contributed by atoms with Gasteiger partial charge in [-0.2, -0.15) is 15.0 Å². The van der Waals surface area contributed by atoms with E-state index in [2.05, 4.69) is 45.1 Å². The van der Waals surface area contributed by atoms with Crippen LogP contribution in [0.25, 0.3) is 0 Å². The molecule has 0 radical (unpaired) electrons. The van der Waals surface area contributed by atoms with E-state index in [1.54, 1.807) is 0 Å². The summed E-state index contributed by atoms with van der Waals surface area (Å²) in [6.07, 6.45) is 0. The third kappa shape index (κ3) is 5.10. The van der Waals surface area contributed by atoms with E-state index >= 15 is 0 Å². The molecule has 3 rings (SSSR count). The quantitative estimate of drug-likeness (QED) is 0.759. The summed E-state index contributed by atoms with van der Waals surface area (Å²) in [4.78, 5) is 18.0. The van der Waals surface area contributed by atoms with Crippen LogP contribution in [0, 0.1) is 0 Å². The molecule has 0 bridgehead atoms. The van der Waals surface area contributed by atoms with E-state index in [9.17, 15) is 0 Å². The maximum absolute atomic E-state index is 6.52. The van der Waals surface area contributed by atoms with Crippen LogP contribution >= 0.6 is 11.6 Å². The van der Waals surface area contributed by atoms with Crippen molar-refractivity contribution in [1.82, 2.24) is 19.9 Å². The number of ether oxygens (including phenoxy) is 1. The smallest absolute Gasteiger partial charge is 0.229 e. The molecule has 152 valence electrons. The predicted molar refractivity (Wildman–Crippen MR) is 113 cm³/mol. The van der Waals surface area contributed by atoms with E-state index in [1.807, 2.05) is 37.2 Å². The van der Waals surface area contributed by atoms with Crippen LogP contribution in [0.1, 0.15) is 37.2 Å². The largest absolute Gasteiger partial charge is 0.379 e. The Morgan fingerprint density at radius 3 is 2.50 bits per heavy atom. The van der Waals surface area contributed by atoms with E-state index in [-0.39, 0.29) is 12.0 Å². The Morgan fingerprint density at radius 2 is 1.86 bits per heavy atom. The van der Waals surface area contributed by atoms with Crippen molar-refractivity contribution >= 4 is 23.5 Å². The number of hydrogen-bond acceptors (Lipinski definition) is 7. The van der Waals surface area contributed by atoms with Gasteiger partial charge in [0.25, 0.3) is 0 Å². The van der Waals surface area contributed by atoms with Crippen LogP contribution in [0.5, 0.6) is 0 Å². The Labute approximate surface area is 172 Å². The molecule has 0 spiro atoms. The number of anilines is 2. The Hall–Kier alpha value is -1.96. The van der Waals surface area contributed by atoms with Gasteiger partial charge in [0.15, 0.2) is 0 Å². The second kappa shape index (κ2) is 9.49. The molecule has 1 saturated heterocycles. The number of halogens is 1. The summed E-state index contributed by atoms with van der Waals surface area (Å²) in [5, 5.41) is 4.20. The molecule has 1 atom stereocenters. The Morgan fingerprint density at radius 1 is 1.14 bits per heavy atom. The molecule has 28 heavy (non-hydrogen) atoms. The van der Waals surface area contributed by atoms with Gasteiger partial charge in [-0.3, -0.25) is 4.90 Å². The van der Waals surface area contributed by atoms with Gasteiger partial charge in [-0.25, -0.2) is 0 Å². The van der Waals surface area contributed by atoms with Gasteiger partial charge in [0, 0.05) is 44.7 Å². The summed E-state index contributed by atoms with van der Waals surface area (Å²) in [6.45, 7) is 8.02. The van der Waals surface area contributed by atoms with Crippen LogP contribution in [0.3, 0.4) is 0 Å². The molecule has 2 aromatic rings. The van der Waals surface area contributed by atoms with Crippen molar-refractivity contribution in [3.63, 3.8) is 0 Å². The van der Waals surface area contributed by atoms with Crippen molar-refractivity contribution in [2.24, 2.45) is 0 Å². The summed E-state index contributed by atoms with van der Waals surface area (Å²) >= 11 is 6.52. The summed E-state index contributed by atoms with van der Waals surface area (Å²) in [5.74, 6) is 2.25. The number of hydrogen-bond donors (Lipinski definition) is 1. The van der Waals surface area contributed by atoms with Crippen LogP contribution in [-0.4, -0.2) is 66.8 Å². The number of aromatic nitrogens is 3. The van der Waals surface area contributed by atoms with Gasteiger partial charge in [0.2, 0.25) is 11.9 Å². The topological polar surface area (TPSA) is 66.4 Å². The van der Waals surface area contributed by atoms with Crippen LogP contribution in [-0.2, 0) is 4.74 Å². The van der Waals surface area contributed by atoms with Crippen molar-refractivity contribution in [3.8, 4) is 0 Å². The fourth-order valence-corrected chi connectivity index (χ4v) is 3.44. The molecular formula is C20H29ClN6O. The van der Waals surface area contributed by atoms with Gasteiger partial charge in [0.1, 0.15) is 5.82 Å². The van der Waals surface area contributed by atoms with E-state index in [4.69, 9.17) is 16.3 Å². The minimum atomic E-state index is 0.111. The number of nitrogens with one attached hydrogen (secondary N) is 1. The summed E-state index contributed by atoms with van der Waals surface area (Å²) in [6, 6.07) is 8.12. The highest BCUT2D eigenvalue weighted by Gasteiger charge is 2.24. The first-order chi connectivity index (χ1) is 13.5. The number of benzene rings is 1. The maximum atomic E-state index is 6.52. The fraction of sp³-hybridized carbons (Fsp3) is 0.550. The molecule has 0 aliphatic carbocycles. The molecule has 1 aliphatic rings. The lowest BCUT2D eigenvalue weighted by Crippen LogP contribution is -2.41. The van der Waals surface area contributed by atoms with Crippen molar-refractivity contribution in [2.75, 3.05) is 57.2 Å². The number of nitrogens with zero attached hydrogens (tertiary/aromatic N) is 5. The van der Waals surface area contributed by atoms with Crippen LogP contribution in [0.15, 0.2) is 24.3 Å². The van der Waals surface area contributed by atoms with Gasteiger partial charge in [0.05, 0.1) is 19.3 Å². The SMILES string of the molecule is CC(C)c1nc(NCC(c2ccccc2Cl)N2CCOCC2)nc(N(C)C)n1. The average Bonchev–Trinajstić information content (AvgIpc) is 2.70. The van der Waals surface area contributed by atoms with Crippen LogP contribution < -0.4 is 10.2 Å². The van der Waals surface area contributed by atoms with Gasteiger partial charge in [-0.15, -0.1) is 0 Å². The zero-order chi connectivity index (χ0) is 20.1. The fourth-order valence-electron chi connectivity index (χ4n) is 3.18. The predicted octanol–water partition coefficient (Wildman–Crippen LogP) is 3.20. The molecule has 0 amide bonds. The molecule has 1 unspecified atom stereocenters. The lowest BCUT2D eigenvalue weighted by Gasteiger charge is -2.35. The lowest BCUT2D eigenvalue weighted by molar-refractivity contribution is 0.0187. The Bertz CT molecular complexity index is 753. The zero-order valence-electron chi connectivity index (χ0n) is 17.0. The van der Waals surface area contributed by atoms with Crippen molar-refractivity contribution in [1.29, 1.82) is 0 Å². The molecular weight excluding hydrogens is 376 g/mol. The molecule has 1 aromatic heterocycles. The van der Waals surface area contributed by atoms with Gasteiger partial charge >= 0.3 is 0 Å². The second-order valence-electron chi connectivity index (χ2n) is 7.43. The van der Waals surface area contributed by atoms with E-state index < -0.39 is 0 Å². The van der Waals surface area contributed by atoms with Gasteiger partial charge in [-0.05, 0) is 11.6 Å². The first-order valence-corrected chi connectivity index (χ1v) is 10.1. The Balaban J connectivity index is 1.84. The van der Waals surface area contributed by atoms with E-state index in [1.165, 1.54) is 0 Å². The minimum absolute atomic E-state index is 0.111. The molecule has 1 fully saturated rings. The van der Waals surface area contributed by atoms with E-state index in [0.29, 0.717) is 18.4 Å². The Kier molecular flexibility index (Phi) is 7.04. The molecule has 1 N–H and O–H groups in total. The second-order valence-corrected chi connectivity index (χ2v) is 7.84. The third-order valence-corrected chi connectivity index (χ3v) is 5.11. The zero-order valence-corrected chi connectivity index (χ0v) is 17.8. The minimum Gasteiger partial charge on any atom is -0.379 e. The molecule has 7 nitrogen and oxygen atoms in total. The lowest BCUT2D eigenvalue weighted by atomic mass is 10.0. The summed E-state index contributed by atoms with van der Waals surface area (Å²) in [5.41, 5.74) is 1.10. The molecule has 1 aliphatic heterocycles. The molecule has 8 heteroatoms. The summed E-state index contributed by atoms with van der Waals surface area (Å²) in [7, 11) is 3.87. The third-order valence-electron chi connectivity index (χ3n) is 4.76. The first kappa shape index (κ1) is 20.8. The molecule has 0 saturated carbocycles. The highest BCUT2D eigenvalue weighted by molar-refractivity contribution is 6.31. The number of morpholine rings is 1. The monoisotopic (exact) mass is 404 g/mol. The normalized spacial score (nSPS) is 16.2. The van der Waals surface area contributed by atoms with E-state index in [0.717, 1.165) is 42.7 Å².